The van der Waals surface area contributed by atoms with Crippen LogP contribution in [0, 0.1) is 0 Å². The predicted molar refractivity (Wildman–Crippen MR) is 69.8 cm³/mol. The summed E-state index contributed by atoms with van der Waals surface area (Å²) in [4.78, 5) is 11.8. The van der Waals surface area contributed by atoms with Crippen LogP contribution in [-0.2, 0) is 0 Å². The topological polar surface area (TPSA) is 92.1 Å². The van der Waals surface area contributed by atoms with Gasteiger partial charge in [-0.1, -0.05) is 5.21 Å². The van der Waals surface area contributed by atoms with Crippen molar-refractivity contribution < 1.29 is 9.90 Å². The van der Waals surface area contributed by atoms with Gasteiger partial charge in [0.2, 0.25) is 0 Å². The van der Waals surface area contributed by atoms with Crippen LogP contribution in [0.5, 0.6) is 0 Å². The zero-order chi connectivity index (χ0) is 13.7. The number of carbonyl (C=O) groups excluding carboxylic acids is 1. The lowest BCUT2D eigenvalue weighted by Gasteiger charge is -2.22. The van der Waals surface area contributed by atoms with Crippen molar-refractivity contribution in [3.05, 3.63) is 11.9 Å². The third-order valence-electron chi connectivity index (χ3n) is 3.27. The largest absolute Gasteiger partial charge is 0.393 e. The standard InChI is InChI=1S/C12H21N5O2/c1-9(18)2-7-14-12(19)11-8-17(16-15-11)10-3-5-13-6-4-10/h8-10,13,18H,2-7H2,1H3,(H,14,19)/t9-/m0/s1. The number of carbonyl (C=O) groups is 1. The van der Waals surface area contributed by atoms with Crippen LogP contribution in [0.15, 0.2) is 6.20 Å². The molecule has 0 aromatic carbocycles. The third-order valence-corrected chi connectivity index (χ3v) is 3.27. The lowest BCUT2D eigenvalue weighted by Crippen LogP contribution is -2.29. The number of amides is 1. The van der Waals surface area contributed by atoms with Gasteiger partial charge in [0, 0.05) is 6.54 Å². The molecule has 0 radical (unpaired) electrons. The Kier molecular flexibility index (Phi) is 4.86. The zero-order valence-corrected chi connectivity index (χ0v) is 11.2. The van der Waals surface area contributed by atoms with Gasteiger partial charge in [0.1, 0.15) is 0 Å². The molecule has 7 nitrogen and oxygen atoms in total. The van der Waals surface area contributed by atoms with Crippen LogP contribution in [0.1, 0.15) is 42.7 Å². The van der Waals surface area contributed by atoms with Gasteiger partial charge < -0.3 is 15.7 Å². The second-order valence-corrected chi connectivity index (χ2v) is 4.96. The second kappa shape index (κ2) is 6.63. The summed E-state index contributed by atoms with van der Waals surface area (Å²) in [6.07, 6.45) is 3.84. The number of piperidine rings is 1. The normalized spacial score (nSPS) is 18.2. The monoisotopic (exact) mass is 267 g/mol. The van der Waals surface area contributed by atoms with Crippen LogP contribution >= 0.6 is 0 Å². The van der Waals surface area contributed by atoms with Crippen molar-refractivity contribution in [2.75, 3.05) is 19.6 Å². The minimum atomic E-state index is -0.411. The van der Waals surface area contributed by atoms with Gasteiger partial charge in [0.25, 0.3) is 5.91 Å². The van der Waals surface area contributed by atoms with Crippen molar-refractivity contribution in [3.63, 3.8) is 0 Å². The van der Waals surface area contributed by atoms with Crippen LogP contribution in [0.4, 0.5) is 0 Å². The Morgan fingerprint density at radius 1 is 1.63 bits per heavy atom. The summed E-state index contributed by atoms with van der Waals surface area (Å²) >= 11 is 0. The van der Waals surface area contributed by atoms with Gasteiger partial charge in [-0.15, -0.1) is 5.10 Å². The highest BCUT2D eigenvalue weighted by molar-refractivity contribution is 5.91. The van der Waals surface area contributed by atoms with Crippen LogP contribution < -0.4 is 10.6 Å². The number of hydrogen-bond donors (Lipinski definition) is 3. The molecule has 1 aliphatic heterocycles. The number of aliphatic hydroxyl groups excluding tert-OH is 1. The maximum Gasteiger partial charge on any atom is 0.273 e. The van der Waals surface area contributed by atoms with E-state index >= 15 is 0 Å². The Balaban J connectivity index is 1.87. The van der Waals surface area contributed by atoms with Gasteiger partial charge >= 0.3 is 0 Å². The Hall–Kier alpha value is -1.47. The smallest absolute Gasteiger partial charge is 0.273 e. The van der Waals surface area contributed by atoms with E-state index in [9.17, 15) is 4.79 Å². The number of aliphatic hydroxyl groups is 1. The number of nitrogens with one attached hydrogen (secondary N) is 2. The number of rotatable bonds is 5. The minimum Gasteiger partial charge on any atom is -0.393 e. The molecule has 0 aliphatic carbocycles. The van der Waals surface area contributed by atoms with Crippen molar-refractivity contribution in [2.24, 2.45) is 0 Å². The number of aromatic nitrogens is 3. The highest BCUT2D eigenvalue weighted by Crippen LogP contribution is 2.16. The van der Waals surface area contributed by atoms with E-state index in [0.29, 0.717) is 24.7 Å². The summed E-state index contributed by atoms with van der Waals surface area (Å²) in [5.41, 5.74) is 0.337. The Morgan fingerprint density at radius 3 is 3.05 bits per heavy atom. The minimum absolute atomic E-state index is 0.235. The fraction of sp³-hybridized carbons (Fsp3) is 0.750. The molecule has 2 heterocycles. The SMILES string of the molecule is C[C@H](O)CCNC(=O)c1cn(C2CCNCC2)nn1. The molecule has 19 heavy (non-hydrogen) atoms. The first-order valence-electron chi connectivity index (χ1n) is 6.75. The third kappa shape index (κ3) is 4.00. The molecule has 0 bridgehead atoms. The molecule has 1 atom stereocenters. The fourth-order valence-corrected chi connectivity index (χ4v) is 2.12. The molecule has 1 fully saturated rings. The van der Waals surface area contributed by atoms with E-state index in [1.165, 1.54) is 0 Å². The van der Waals surface area contributed by atoms with Gasteiger partial charge in [-0.25, -0.2) is 4.68 Å². The van der Waals surface area contributed by atoms with Crippen LogP contribution in [0.25, 0.3) is 0 Å². The van der Waals surface area contributed by atoms with Crippen molar-refractivity contribution in [1.29, 1.82) is 0 Å². The van der Waals surface area contributed by atoms with Crippen LogP contribution in [0.2, 0.25) is 0 Å². The molecule has 1 saturated heterocycles. The first-order chi connectivity index (χ1) is 9.16. The number of hydrogen-bond acceptors (Lipinski definition) is 5. The van der Waals surface area contributed by atoms with Crippen LogP contribution in [0.3, 0.4) is 0 Å². The molecule has 1 aromatic rings. The van der Waals surface area contributed by atoms with E-state index in [1.807, 2.05) is 0 Å². The molecule has 106 valence electrons. The van der Waals surface area contributed by atoms with E-state index in [0.717, 1.165) is 25.9 Å². The molecule has 1 aliphatic rings. The van der Waals surface area contributed by atoms with Crippen molar-refractivity contribution in [2.45, 2.75) is 38.3 Å². The average molecular weight is 267 g/mol. The van der Waals surface area contributed by atoms with Gasteiger partial charge in [0.05, 0.1) is 18.3 Å². The van der Waals surface area contributed by atoms with Gasteiger partial charge in [-0.3, -0.25) is 4.79 Å². The van der Waals surface area contributed by atoms with E-state index in [-0.39, 0.29) is 5.91 Å². The summed E-state index contributed by atoms with van der Waals surface area (Å²) in [5, 5.41) is 23.1. The first-order valence-corrected chi connectivity index (χ1v) is 6.75. The van der Waals surface area contributed by atoms with Crippen LogP contribution in [-0.4, -0.2) is 51.7 Å². The maximum absolute atomic E-state index is 11.8. The number of nitrogens with zero attached hydrogens (tertiary/aromatic N) is 3. The van der Waals surface area contributed by atoms with E-state index in [2.05, 4.69) is 20.9 Å². The van der Waals surface area contributed by atoms with Gasteiger partial charge in [-0.05, 0) is 39.3 Å². The van der Waals surface area contributed by atoms with E-state index in [4.69, 9.17) is 5.11 Å². The summed E-state index contributed by atoms with van der Waals surface area (Å²) in [7, 11) is 0. The summed E-state index contributed by atoms with van der Waals surface area (Å²) in [5.74, 6) is -0.235. The predicted octanol–water partition coefficient (Wildman–Crippen LogP) is -0.297. The Bertz CT molecular complexity index is 412. The lowest BCUT2D eigenvalue weighted by molar-refractivity contribution is 0.0940. The molecule has 0 saturated carbocycles. The lowest BCUT2D eigenvalue weighted by atomic mass is 10.1. The van der Waals surface area contributed by atoms with E-state index in [1.54, 1.807) is 17.8 Å². The molecule has 1 amide bonds. The highest BCUT2D eigenvalue weighted by Gasteiger charge is 2.18. The summed E-state index contributed by atoms with van der Waals surface area (Å²) in [6.45, 7) is 4.08. The fourth-order valence-electron chi connectivity index (χ4n) is 2.12. The Morgan fingerprint density at radius 2 is 2.37 bits per heavy atom. The van der Waals surface area contributed by atoms with Crippen molar-refractivity contribution in [3.8, 4) is 0 Å². The molecule has 0 spiro atoms. The molecule has 1 aromatic heterocycles. The van der Waals surface area contributed by atoms with E-state index < -0.39 is 6.10 Å². The summed E-state index contributed by atoms with van der Waals surface area (Å²) in [6, 6.07) is 0.327. The zero-order valence-electron chi connectivity index (χ0n) is 11.2. The molecule has 2 rings (SSSR count). The van der Waals surface area contributed by atoms with Gasteiger partial charge in [-0.2, -0.15) is 0 Å². The maximum atomic E-state index is 11.8. The van der Waals surface area contributed by atoms with Crippen molar-refractivity contribution >= 4 is 5.91 Å². The second-order valence-electron chi connectivity index (χ2n) is 4.96. The molecular formula is C12H21N5O2. The highest BCUT2D eigenvalue weighted by atomic mass is 16.3. The Labute approximate surface area is 112 Å². The quantitative estimate of drug-likeness (QED) is 0.681. The average Bonchev–Trinajstić information content (AvgIpc) is 2.89. The molecule has 7 heteroatoms. The molecule has 0 unspecified atom stereocenters. The molecule has 3 N–H and O–H groups in total. The van der Waals surface area contributed by atoms with Gasteiger partial charge in [0.15, 0.2) is 5.69 Å². The van der Waals surface area contributed by atoms with Crippen molar-refractivity contribution in [1.82, 2.24) is 25.6 Å². The molecular weight excluding hydrogens is 246 g/mol. The summed E-state index contributed by atoms with van der Waals surface area (Å²) < 4.78 is 1.78. The first kappa shape index (κ1) is 14.0.